The highest BCUT2D eigenvalue weighted by Crippen LogP contribution is 2.36. The lowest BCUT2D eigenvalue weighted by molar-refractivity contribution is -0.115. The van der Waals surface area contributed by atoms with Crippen molar-refractivity contribution in [2.75, 3.05) is 16.8 Å². The number of aromatic hydroxyl groups is 1. The van der Waals surface area contributed by atoms with Gasteiger partial charge in [-0.25, -0.2) is 4.39 Å². The first kappa shape index (κ1) is 17.0. The van der Waals surface area contributed by atoms with E-state index in [0.717, 1.165) is 11.3 Å². The van der Waals surface area contributed by atoms with Gasteiger partial charge in [0.15, 0.2) is 0 Å². The molecule has 1 aliphatic rings. The summed E-state index contributed by atoms with van der Waals surface area (Å²) in [5.74, 6) is -0.385. The summed E-state index contributed by atoms with van der Waals surface area (Å²) in [5.41, 5.74) is 3.70. The van der Waals surface area contributed by atoms with Crippen LogP contribution >= 0.6 is 0 Å². The molecule has 2 aromatic carbocycles. The molecule has 0 spiro atoms. The second-order valence-corrected chi connectivity index (χ2v) is 6.38. The number of phenols is 1. The highest BCUT2D eigenvalue weighted by atomic mass is 19.1. The van der Waals surface area contributed by atoms with Crippen molar-refractivity contribution in [3.05, 3.63) is 66.2 Å². The number of nitrogens with zero attached hydrogens (tertiary/aromatic N) is 2. The monoisotopic (exact) mass is 363 g/mol. The van der Waals surface area contributed by atoms with Gasteiger partial charge in [0.2, 0.25) is 5.91 Å². The number of anilines is 3. The minimum atomic E-state index is -0.416. The van der Waals surface area contributed by atoms with Crippen molar-refractivity contribution in [2.24, 2.45) is 0 Å². The maximum atomic E-state index is 14.6. The Morgan fingerprint density at radius 2 is 2.04 bits per heavy atom. The number of amides is 1. The molecule has 4 rings (SSSR count). The van der Waals surface area contributed by atoms with Crippen molar-refractivity contribution in [3.63, 3.8) is 0 Å². The Bertz CT molecular complexity index is 1040. The summed E-state index contributed by atoms with van der Waals surface area (Å²) < 4.78 is 14.6. The highest BCUT2D eigenvalue weighted by molar-refractivity contribution is 5.99. The van der Waals surface area contributed by atoms with Crippen molar-refractivity contribution in [2.45, 2.75) is 13.3 Å². The molecule has 0 radical (unpaired) electrons. The molecule has 1 amide bonds. The maximum absolute atomic E-state index is 14.6. The average Bonchev–Trinajstić information content (AvgIpc) is 3.02. The zero-order chi connectivity index (χ0) is 19.0. The normalized spacial score (nSPS) is 12.6. The lowest BCUT2D eigenvalue weighted by Gasteiger charge is -2.24. The van der Waals surface area contributed by atoms with Crippen molar-refractivity contribution in [1.82, 2.24) is 4.98 Å². The van der Waals surface area contributed by atoms with Gasteiger partial charge in [0.1, 0.15) is 11.6 Å². The number of phenolic OH excluding ortho intramolecular Hbond substituents is 1. The SMILES string of the molecule is CCN(c1cncc(-c2cc3c(cc2F)NC(=O)C3)c1)c1ccccc1O. The predicted molar refractivity (Wildman–Crippen MR) is 103 cm³/mol. The van der Waals surface area contributed by atoms with E-state index in [2.05, 4.69) is 10.3 Å². The van der Waals surface area contributed by atoms with E-state index in [-0.39, 0.29) is 18.1 Å². The van der Waals surface area contributed by atoms with Gasteiger partial charge in [-0.05, 0) is 42.8 Å². The van der Waals surface area contributed by atoms with E-state index in [9.17, 15) is 14.3 Å². The molecule has 0 saturated heterocycles. The minimum Gasteiger partial charge on any atom is -0.506 e. The van der Waals surface area contributed by atoms with Gasteiger partial charge >= 0.3 is 0 Å². The lowest BCUT2D eigenvalue weighted by Crippen LogP contribution is -2.16. The van der Waals surface area contributed by atoms with Crippen molar-refractivity contribution in [3.8, 4) is 16.9 Å². The number of fused-ring (bicyclic) bond motifs is 1. The fourth-order valence-electron chi connectivity index (χ4n) is 3.38. The molecule has 2 heterocycles. The van der Waals surface area contributed by atoms with Crippen LogP contribution in [0.25, 0.3) is 11.1 Å². The van der Waals surface area contributed by atoms with Gasteiger partial charge < -0.3 is 15.3 Å². The van der Waals surface area contributed by atoms with Gasteiger partial charge in [0.25, 0.3) is 0 Å². The molecule has 0 bridgehead atoms. The molecule has 136 valence electrons. The van der Waals surface area contributed by atoms with E-state index in [4.69, 9.17) is 0 Å². The Morgan fingerprint density at radius 3 is 2.81 bits per heavy atom. The molecule has 0 saturated carbocycles. The average molecular weight is 363 g/mol. The van der Waals surface area contributed by atoms with Crippen LogP contribution in [0, 0.1) is 5.82 Å². The summed E-state index contributed by atoms with van der Waals surface area (Å²) in [7, 11) is 0. The summed E-state index contributed by atoms with van der Waals surface area (Å²) in [6.45, 7) is 2.57. The van der Waals surface area contributed by atoms with Crippen molar-refractivity contribution in [1.29, 1.82) is 0 Å². The van der Waals surface area contributed by atoms with Crippen LogP contribution in [0.15, 0.2) is 54.9 Å². The number of benzene rings is 2. The molecule has 0 fully saturated rings. The smallest absolute Gasteiger partial charge is 0.228 e. The van der Waals surface area contributed by atoms with Gasteiger partial charge in [0, 0.05) is 29.6 Å². The Balaban J connectivity index is 1.76. The van der Waals surface area contributed by atoms with E-state index < -0.39 is 5.82 Å². The Labute approximate surface area is 156 Å². The quantitative estimate of drug-likeness (QED) is 0.727. The molecule has 0 atom stereocenters. The van der Waals surface area contributed by atoms with E-state index in [1.54, 1.807) is 30.6 Å². The number of hydrogen-bond donors (Lipinski definition) is 2. The molecular formula is C21H18FN3O2. The zero-order valence-corrected chi connectivity index (χ0v) is 14.7. The second kappa shape index (κ2) is 6.72. The van der Waals surface area contributed by atoms with Crippen LogP contribution in [0.5, 0.6) is 5.75 Å². The summed E-state index contributed by atoms with van der Waals surface area (Å²) in [6.07, 6.45) is 3.52. The van der Waals surface area contributed by atoms with Crippen LogP contribution in [-0.4, -0.2) is 22.5 Å². The van der Waals surface area contributed by atoms with Crippen molar-refractivity contribution >= 4 is 23.0 Å². The minimum absolute atomic E-state index is 0.134. The number of carbonyl (C=O) groups excluding carboxylic acids is 1. The molecule has 5 nitrogen and oxygen atoms in total. The third-order valence-corrected chi connectivity index (χ3v) is 4.65. The van der Waals surface area contributed by atoms with Crippen LogP contribution in [0.3, 0.4) is 0 Å². The van der Waals surface area contributed by atoms with Crippen LogP contribution in [0.2, 0.25) is 0 Å². The second-order valence-electron chi connectivity index (χ2n) is 6.38. The molecule has 0 unspecified atom stereocenters. The highest BCUT2D eigenvalue weighted by Gasteiger charge is 2.21. The fourth-order valence-corrected chi connectivity index (χ4v) is 3.38. The van der Waals surface area contributed by atoms with E-state index in [1.165, 1.54) is 6.07 Å². The Hall–Kier alpha value is -3.41. The molecule has 3 aromatic rings. The third-order valence-electron chi connectivity index (χ3n) is 4.65. The number of nitrogens with one attached hydrogen (secondary N) is 1. The topological polar surface area (TPSA) is 65.5 Å². The van der Waals surface area contributed by atoms with E-state index in [1.807, 2.05) is 30.0 Å². The lowest BCUT2D eigenvalue weighted by atomic mass is 10.0. The van der Waals surface area contributed by atoms with Gasteiger partial charge in [-0.2, -0.15) is 0 Å². The third kappa shape index (κ3) is 3.10. The number of rotatable bonds is 4. The Morgan fingerprint density at radius 1 is 1.22 bits per heavy atom. The largest absolute Gasteiger partial charge is 0.506 e. The first-order valence-electron chi connectivity index (χ1n) is 8.70. The summed E-state index contributed by atoms with van der Waals surface area (Å²) in [6, 6.07) is 11.9. The van der Waals surface area contributed by atoms with Crippen LogP contribution in [-0.2, 0) is 11.2 Å². The molecule has 27 heavy (non-hydrogen) atoms. The first-order chi connectivity index (χ1) is 13.1. The number of carbonyl (C=O) groups is 1. The summed E-state index contributed by atoms with van der Waals surface area (Å²) in [4.78, 5) is 17.7. The summed E-state index contributed by atoms with van der Waals surface area (Å²) in [5, 5.41) is 12.8. The number of pyridine rings is 1. The van der Waals surface area contributed by atoms with Crippen LogP contribution < -0.4 is 10.2 Å². The van der Waals surface area contributed by atoms with Crippen LogP contribution in [0.1, 0.15) is 12.5 Å². The van der Waals surface area contributed by atoms with E-state index in [0.29, 0.717) is 29.0 Å². The van der Waals surface area contributed by atoms with Gasteiger partial charge in [0.05, 0.1) is 24.0 Å². The number of aromatic nitrogens is 1. The van der Waals surface area contributed by atoms with Gasteiger partial charge in [-0.15, -0.1) is 0 Å². The predicted octanol–water partition coefficient (Wildman–Crippen LogP) is 4.25. The molecule has 2 N–H and O–H groups in total. The Kier molecular flexibility index (Phi) is 4.24. The van der Waals surface area contributed by atoms with Gasteiger partial charge in [-0.1, -0.05) is 12.1 Å². The molecule has 1 aromatic heterocycles. The first-order valence-corrected chi connectivity index (χ1v) is 8.70. The number of hydrogen-bond acceptors (Lipinski definition) is 4. The van der Waals surface area contributed by atoms with Gasteiger partial charge in [-0.3, -0.25) is 9.78 Å². The standard InChI is InChI=1S/C21H18FN3O2/c1-2-25(19-5-3-4-6-20(19)26)15-7-14(11-23-12-15)16-8-13-9-21(27)24-18(13)10-17(16)22/h3-8,10-12,26H,2,9H2,1H3,(H,24,27). The van der Waals surface area contributed by atoms with E-state index >= 15 is 0 Å². The van der Waals surface area contributed by atoms with Crippen molar-refractivity contribution < 1.29 is 14.3 Å². The summed E-state index contributed by atoms with van der Waals surface area (Å²) >= 11 is 0. The fraction of sp³-hybridized carbons (Fsp3) is 0.143. The molecule has 6 heteroatoms. The number of para-hydroxylation sites is 2. The number of halogens is 1. The molecule has 0 aliphatic carbocycles. The molecule has 1 aliphatic heterocycles. The molecular weight excluding hydrogens is 345 g/mol. The maximum Gasteiger partial charge on any atom is 0.228 e. The zero-order valence-electron chi connectivity index (χ0n) is 14.7. The van der Waals surface area contributed by atoms with Crippen LogP contribution in [0.4, 0.5) is 21.5 Å².